The fourth-order valence-corrected chi connectivity index (χ4v) is 4.96. The van der Waals surface area contributed by atoms with Crippen LogP contribution in [0.5, 0.6) is 0 Å². The third kappa shape index (κ3) is 3.91. The quantitative estimate of drug-likeness (QED) is 0.315. The van der Waals surface area contributed by atoms with Crippen LogP contribution in [0.15, 0.2) is 30.3 Å². The van der Waals surface area contributed by atoms with Gasteiger partial charge in [0.25, 0.3) is 5.78 Å². The van der Waals surface area contributed by atoms with E-state index in [1.807, 2.05) is 17.0 Å². The number of fused-ring (bicyclic) bond motifs is 4. The van der Waals surface area contributed by atoms with E-state index in [9.17, 15) is 8.78 Å². The Balaban J connectivity index is 0.000000297. The molecule has 0 saturated heterocycles. The lowest BCUT2D eigenvalue weighted by Gasteiger charge is -2.32. The lowest BCUT2D eigenvalue weighted by Crippen LogP contribution is -2.26. The van der Waals surface area contributed by atoms with Crippen LogP contribution < -0.4 is 4.90 Å². The van der Waals surface area contributed by atoms with Crippen LogP contribution in [0.25, 0.3) is 16.7 Å². The third-order valence-corrected chi connectivity index (χ3v) is 7.09. The van der Waals surface area contributed by atoms with E-state index in [0.29, 0.717) is 34.9 Å². The van der Waals surface area contributed by atoms with E-state index >= 15 is 0 Å². The summed E-state index contributed by atoms with van der Waals surface area (Å²) in [6, 6.07) is 8.74. The van der Waals surface area contributed by atoms with Gasteiger partial charge in [0.1, 0.15) is 11.6 Å². The number of aryl methyl sites for hydroxylation is 2. The Morgan fingerprint density at radius 1 is 1.00 bits per heavy atom. The molecule has 0 radical (unpaired) electrons. The second-order valence-corrected chi connectivity index (χ2v) is 10.5. The van der Waals surface area contributed by atoms with Crippen LogP contribution in [0.2, 0.25) is 0 Å². The minimum absolute atomic E-state index is 0.153. The van der Waals surface area contributed by atoms with E-state index in [4.69, 9.17) is 0 Å². The van der Waals surface area contributed by atoms with E-state index in [1.54, 1.807) is 17.4 Å². The highest BCUT2D eigenvalue weighted by atomic mass is 19.2. The topological polar surface area (TPSA) is 46.3 Å². The maximum Gasteiger partial charge on any atom is 0.257 e. The first-order valence-electron chi connectivity index (χ1n) is 12.0. The van der Waals surface area contributed by atoms with Crippen molar-refractivity contribution in [3.05, 3.63) is 58.9 Å². The molecule has 178 valence electrons. The number of benzene rings is 2. The molecule has 3 heterocycles. The van der Waals surface area contributed by atoms with Crippen molar-refractivity contribution < 1.29 is 8.78 Å². The van der Waals surface area contributed by atoms with Crippen LogP contribution in [0.3, 0.4) is 0 Å². The summed E-state index contributed by atoms with van der Waals surface area (Å²) in [4.78, 5) is 6.56. The van der Waals surface area contributed by atoms with E-state index in [0.717, 1.165) is 30.5 Å². The first-order chi connectivity index (χ1) is 16.2. The van der Waals surface area contributed by atoms with Gasteiger partial charge in [-0.3, -0.25) is 4.40 Å². The van der Waals surface area contributed by atoms with Crippen molar-refractivity contribution in [1.29, 1.82) is 0 Å². The van der Waals surface area contributed by atoms with Gasteiger partial charge in [-0.1, -0.05) is 32.9 Å². The minimum Gasteiger partial charge on any atom is -0.325 e. The first kappa shape index (κ1) is 22.7. The number of nitrogens with zero attached hydrogens (tertiary/aromatic N) is 5. The van der Waals surface area contributed by atoms with Crippen LogP contribution in [0.1, 0.15) is 57.0 Å². The molecule has 0 amide bonds. The summed E-state index contributed by atoms with van der Waals surface area (Å²) in [5.74, 6) is 0.596. The number of anilines is 2. The van der Waals surface area contributed by atoms with E-state index in [1.165, 1.54) is 24.0 Å². The van der Waals surface area contributed by atoms with Gasteiger partial charge in [-0.2, -0.15) is 4.98 Å². The number of hydrogen-bond donors (Lipinski definition) is 0. The predicted octanol–water partition coefficient (Wildman–Crippen LogP) is 6.70. The van der Waals surface area contributed by atoms with Gasteiger partial charge in [-0.15, -0.1) is 10.2 Å². The molecule has 0 unspecified atom stereocenters. The lowest BCUT2D eigenvalue weighted by atomic mass is 9.91. The van der Waals surface area contributed by atoms with Crippen molar-refractivity contribution >= 4 is 28.2 Å². The van der Waals surface area contributed by atoms with Gasteiger partial charge in [0, 0.05) is 12.2 Å². The van der Waals surface area contributed by atoms with Gasteiger partial charge in [0.2, 0.25) is 0 Å². The third-order valence-electron chi connectivity index (χ3n) is 7.09. The predicted molar refractivity (Wildman–Crippen MR) is 132 cm³/mol. The van der Waals surface area contributed by atoms with Crippen LogP contribution in [0.4, 0.5) is 20.3 Å². The Morgan fingerprint density at radius 3 is 2.44 bits per heavy atom. The Bertz CT molecular complexity index is 1380. The number of hydrogen-bond acceptors (Lipinski definition) is 4. The molecule has 1 fully saturated rings. The second-order valence-electron chi connectivity index (χ2n) is 10.5. The average molecular weight is 464 g/mol. The van der Waals surface area contributed by atoms with Gasteiger partial charge in [-0.25, -0.2) is 8.78 Å². The van der Waals surface area contributed by atoms with Crippen LogP contribution in [-0.4, -0.2) is 26.1 Å². The molecule has 5 nitrogen and oxygen atoms in total. The zero-order chi connectivity index (χ0) is 24.2. The normalized spacial score (nSPS) is 15.9. The summed E-state index contributed by atoms with van der Waals surface area (Å²) in [6.45, 7) is 11.5. The Hall–Kier alpha value is -3.09. The average Bonchev–Trinajstić information content (AvgIpc) is 3.60. The van der Waals surface area contributed by atoms with Crippen molar-refractivity contribution in [2.75, 3.05) is 11.4 Å². The molecule has 1 aliphatic carbocycles. The van der Waals surface area contributed by atoms with Gasteiger partial charge in [0.15, 0.2) is 11.6 Å². The fraction of sp³-hybridized carbons (Fsp3) is 0.444. The van der Waals surface area contributed by atoms with Gasteiger partial charge < -0.3 is 4.90 Å². The van der Waals surface area contributed by atoms with E-state index in [2.05, 4.69) is 48.9 Å². The monoisotopic (exact) mass is 463 g/mol. The maximum absolute atomic E-state index is 14.9. The van der Waals surface area contributed by atoms with Gasteiger partial charge in [0.05, 0.1) is 10.9 Å². The Morgan fingerprint density at radius 2 is 1.76 bits per heavy atom. The molecule has 1 aliphatic heterocycles. The Labute approximate surface area is 198 Å². The molecule has 2 aromatic heterocycles. The summed E-state index contributed by atoms with van der Waals surface area (Å²) in [5.41, 5.74) is 4.51. The Kier molecular flexibility index (Phi) is 5.53. The highest BCUT2D eigenvalue weighted by Crippen LogP contribution is 2.44. The first-order valence-corrected chi connectivity index (χ1v) is 12.0. The summed E-state index contributed by atoms with van der Waals surface area (Å²) in [5, 5.41) is 8.32. The van der Waals surface area contributed by atoms with E-state index < -0.39 is 11.6 Å². The summed E-state index contributed by atoms with van der Waals surface area (Å²) >= 11 is 0. The highest BCUT2D eigenvalue weighted by Gasteiger charge is 2.33. The van der Waals surface area contributed by atoms with Gasteiger partial charge in [-0.05, 0) is 80.2 Å². The van der Waals surface area contributed by atoms with Crippen molar-refractivity contribution in [1.82, 2.24) is 19.6 Å². The van der Waals surface area contributed by atoms with Crippen molar-refractivity contribution in [3.63, 3.8) is 0 Å². The van der Waals surface area contributed by atoms with Crippen molar-refractivity contribution in [2.45, 2.75) is 60.3 Å². The largest absolute Gasteiger partial charge is 0.325 e. The number of aromatic nitrogens is 4. The minimum atomic E-state index is -0.898. The molecule has 0 N–H and O–H groups in total. The molecule has 0 spiro atoms. The molecule has 7 heteroatoms. The molecule has 6 rings (SSSR count). The maximum atomic E-state index is 14.9. The fourth-order valence-electron chi connectivity index (χ4n) is 4.96. The molecule has 1 saturated carbocycles. The molecule has 0 atom stereocenters. The number of rotatable bonds is 1. The highest BCUT2D eigenvalue weighted by molar-refractivity contribution is 5.94. The standard InChI is InChI=1S/C20H17F2N5.C7H14/c1-11-5-3-7-15-13(11)6-4-10-26(15)19-17-16(9-8-14(21)18(17)22)27-12(2)24-25-20(27)23-19;1-7(2,3)6-4-5-6/h3,5,7-9H,4,6,10H2,1-2H3;6H,4-5H2,1-3H3. The second kappa shape index (κ2) is 8.29. The number of halogens is 2. The van der Waals surface area contributed by atoms with Crippen LogP contribution in [0, 0.1) is 36.8 Å². The van der Waals surface area contributed by atoms with Crippen molar-refractivity contribution in [3.8, 4) is 0 Å². The van der Waals surface area contributed by atoms with Crippen LogP contribution in [-0.2, 0) is 6.42 Å². The smallest absolute Gasteiger partial charge is 0.257 e. The SMILES string of the molecule is CC(C)(C)C1CC1.Cc1cccc2c1CCCN2c1nc2nnc(C)n2c2ccc(F)c(F)c12. The van der Waals surface area contributed by atoms with Gasteiger partial charge >= 0.3 is 0 Å². The molecule has 2 aliphatic rings. The zero-order valence-corrected chi connectivity index (χ0v) is 20.5. The molecule has 0 bridgehead atoms. The van der Waals surface area contributed by atoms with E-state index in [-0.39, 0.29) is 5.39 Å². The lowest BCUT2D eigenvalue weighted by molar-refractivity contribution is 0.351. The molecular weight excluding hydrogens is 432 g/mol. The summed E-state index contributed by atoms with van der Waals surface area (Å²) in [7, 11) is 0. The molecular formula is C27H31F2N5. The van der Waals surface area contributed by atoms with Crippen molar-refractivity contribution in [2.24, 2.45) is 11.3 Å². The summed E-state index contributed by atoms with van der Waals surface area (Å²) in [6.07, 6.45) is 4.82. The summed E-state index contributed by atoms with van der Waals surface area (Å²) < 4.78 is 30.7. The molecule has 2 aromatic carbocycles. The molecule has 34 heavy (non-hydrogen) atoms. The van der Waals surface area contributed by atoms with Crippen LogP contribution >= 0.6 is 0 Å². The zero-order valence-electron chi connectivity index (χ0n) is 20.5. The molecule has 4 aromatic rings.